The maximum atomic E-state index is 12.7. The van der Waals surface area contributed by atoms with E-state index in [4.69, 9.17) is 14.2 Å². The molecule has 0 aromatic carbocycles. The summed E-state index contributed by atoms with van der Waals surface area (Å²) < 4.78 is 16.7. The third kappa shape index (κ3) is 43.5. The molecular formula is C50H96O6. The van der Waals surface area contributed by atoms with E-state index < -0.39 is 6.10 Å². The number of esters is 3. The lowest BCUT2D eigenvalue weighted by Gasteiger charge is -2.18. The van der Waals surface area contributed by atoms with Gasteiger partial charge < -0.3 is 14.2 Å². The van der Waals surface area contributed by atoms with E-state index in [9.17, 15) is 14.4 Å². The molecule has 0 aliphatic rings. The Hall–Kier alpha value is -1.59. The normalized spacial score (nSPS) is 12.1. The van der Waals surface area contributed by atoms with Gasteiger partial charge in [0.1, 0.15) is 13.2 Å². The van der Waals surface area contributed by atoms with Gasteiger partial charge in [-0.25, -0.2) is 0 Å². The van der Waals surface area contributed by atoms with Crippen molar-refractivity contribution in [3.8, 4) is 0 Å². The molecule has 0 fully saturated rings. The highest BCUT2D eigenvalue weighted by molar-refractivity contribution is 5.71. The van der Waals surface area contributed by atoms with Crippen LogP contribution in [0, 0.1) is 11.8 Å². The van der Waals surface area contributed by atoms with Gasteiger partial charge in [0.05, 0.1) is 0 Å². The fourth-order valence-corrected chi connectivity index (χ4v) is 7.46. The van der Waals surface area contributed by atoms with Gasteiger partial charge in [-0.3, -0.25) is 14.4 Å². The van der Waals surface area contributed by atoms with E-state index in [1.165, 1.54) is 161 Å². The Morgan fingerprint density at radius 2 is 0.589 bits per heavy atom. The number of carbonyl (C=O) groups excluding carboxylic acids is 3. The predicted octanol–water partition coefficient (Wildman–Crippen LogP) is 15.8. The molecule has 0 unspecified atom stereocenters. The summed E-state index contributed by atoms with van der Waals surface area (Å²) in [4.78, 5) is 37.8. The van der Waals surface area contributed by atoms with Gasteiger partial charge in [0.25, 0.3) is 0 Å². The second kappa shape index (κ2) is 43.0. The molecule has 0 N–H and O–H groups in total. The highest BCUT2D eigenvalue weighted by Gasteiger charge is 2.19. The minimum atomic E-state index is -0.761. The fraction of sp³-hybridized carbons (Fsp3) is 0.940. The third-order valence-electron chi connectivity index (χ3n) is 11.2. The molecule has 0 saturated heterocycles. The highest BCUT2D eigenvalue weighted by atomic mass is 16.6. The van der Waals surface area contributed by atoms with Crippen LogP contribution in [0.1, 0.15) is 272 Å². The van der Waals surface area contributed by atoms with Crippen LogP contribution in [0.2, 0.25) is 0 Å². The molecule has 0 aromatic rings. The smallest absolute Gasteiger partial charge is 0.306 e. The Morgan fingerprint density at radius 1 is 0.339 bits per heavy atom. The van der Waals surface area contributed by atoms with Gasteiger partial charge in [0, 0.05) is 19.3 Å². The molecule has 0 spiro atoms. The second-order valence-corrected chi connectivity index (χ2v) is 18.1. The first-order valence-corrected chi connectivity index (χ1v) is 24.7. The predicted molar refractivity (Wildman–Crippen MR) is 238 cm³/mol. The molecule has 0 saturated carbocycles. The quantitative estimate of drug-likeness (QED) is 0.0347. The fourth-order valence-electron chi connectivity index (χ4n) is 7.46. The van der Waals surface area contributed by atoms with E-state index in [2.05, 4.69) is 34.6 Å². The van der Waals surface area contributed by atoms with E-state index in [1.54, 1.807) is 0 Å². The largest absolute Gasteiger partial charge is 0.462 e. The number of ether oxygens (including phenoxy) is 3. The Kier molecular flexibility index (Phi) is 41.8. The van der Waals surface area contributed by atoms with Gasteiger partial charge in [0.2, 0.25) is 0 Å². The lowest BCUT2D eigenvalue weighted by Crippen LogP contribution is -2.30. The summed E-state index contributed by atoms with van der Waals surface area (Å²) in [6.07, 6.45) is 42.5. The zero-order valence-electron chi connectivity index (χ0n) is 38.3. The van der Waals surface area contributed by atoms with Crippen molar-refractivity contribution in [2.24, 2.45) is 11.8 Å². The lowest BCUT2D eigenvalue weighted by atomic mass is 10.0. The van der Waals surface area contributed by atoms with Crippen LogP contribution in [0.3, 0.4) is 0 Å². The van der Waals surface area contributed by atoms with Gasteiger partial charge in [-0.15, -0.1) is 0 Å². The van der Waals surface area contributed by atoms with Crippen LogP contribution in [0.15, 0.2) is 0 Å². The monoisotopic (exact) mass is 793 g/mol. The molecule has 0 radical (unpaired) electrons. The average Bonchev–Trinajstić information content (AvgIpc) is 3.16. The zero-order valence-corrected chi connectivity index (χ0v) is 38.3. The summed E-state index contributed by atoms with van der Waals surface area (Å²) in [5, 5.41) is 0. The van der Waals surface area contributed by atoms with Crippen LogP contribution < -0.4 is 0 Å². The molecule has 0 heterocycles. The molecule has 0 aromatic heterocycles. The van der Waals surface area contributed by atoms with Crippen LogP contribution >= 0.6 is 0 Å². The van der Waals surface area contributed by atoms with Gasteiger partial charge in [-0.1, -0.05) is 234 Å². The van der Waals surface area contributed by atoms with Crippen LogP contribution in [0.4, 0.5) is 0 Å². The topological polar surface area (TPSA) is 78.9 Å². The van der Waals surface area contributed by atoms with Crippen molar-refractivity contribution in [1.29, 1.82) is 0 Å². The van der Waals surface area contributed by atoms with E-state index in [-0.39, 0.29) is 31.1 Å². The third-order valence-corrected chi connectivity index (χ3v) is 11.2. The average molecular weight is 793 g/mol. The molecule has 6 nitrogen and oxygen atoms in total. The summed E-state index contributed by atoms with van der Waals surface area (Å²) in [5.41, 5.74) is 0. The number of hydrogen-bond acceptors (Lipinski definition) is 6. The lowest BCUT2D eigenvalue weighted by molar-refractivity contribution is -0.167. The number of hydrogen-bond donors (Lipinski definition) is 0. The van der Waals surface area contributed by atoms with E-state index in [0.29, 0.717) is 19.3 Å². The molecule has 0 aliphatic heterocycles. The van der Waals surface area contributed by atoms with Gasteiger partial charge in [-0.2, -0.15) is 0 Å². The van der Waals surface area contributed by atoms with E-state index >= 15 is 0 Å². The van der Waals surface area contributed by atoms with Crippen molar-refractivity contribution < 1.29 is 28.6 Å². The first-order chi connectivity index (χ1) is 27.2. The maximum Gasteiger partial charge on any atom is 0.306 e. The molecule has 0 aliphatic carbocycles. The number of carbonyl (C=O) groups is 3. The molecule has 0 bridgehead atoms. The number of unbranched alkanes of at least 4 members (excludes halogenated alkanes) is 29. The highest BCUT2D eigenvalue weighted by Crippen LogP contribution is 2.17. The van der Waals surface area contributed by atoms with E-state index in [0.717, 1.165) is 69.6 Å². The molecule has 0 rings (SSSR count). The maximum absolute atomic E-state index is 12.7. The van der Waals surface area contributed by atoms with Gasteiger partial charge >= 0.3 is 17.9 Å². The van der Waals surface area contributed by atoms with Crippen LogP contribution in [-0.4, -0.2) is 37.2 Å². The van der Waals surface area contributed by atoms with Crippen LogP contribution in [0.5, 0.6) is 0 Å². The summed E-state index contributed by atoms with van der Waals surface area (Å²) in [6.45, 7) is 11.3. The van der Waals surface area contributed by atoms with Crippen molar-refractivity contribution in [2.75, 3.05) is 13.2 Å². The van der Waals surface area contributed by atoms with E-state index in [1.807, 2.05) is 0 Å². The molecule has 56 heavy (non-hydrogen) atoms. The van der Waals surface area contributed by atoms with Crippen LogP contribution in [0.25, 0.3) is 0 Å². The summed E-state index contributed by atoms with van der Waals surface area (Å²) in [7, 11) is 0. The Labute approximate surface area is 348 Å². The molecule has 6 heteroatoms. The second-order valence-electron chi connectivity index (χ2n) is 18.1. The van der Waals surface area contributed by atoms with Crippen molar-refractivity contribution in [3.63, 3.8) is 0 Å². The Morgan fingerprint density at radius 3 is 0.875 bits per heavy atom. The molecule has 0 amide bonds. The van der Waals surface area contributed by atoms with Gasteiger partial charge in [0.15, 0.2) is 6.10 Å². The zero-order chi connectivity index (χ0) is 41.2. The van der Waals surface area contributed by atoms with Crippen LogP contribution in [-0.2, 0) is 28.6 Å². The minimum absolute atomic E-state index is 0.0650. The summed E-state index contributed by atoms with van der Waals surface area (Å²) >= 11 is 0. The Balaban J connectivity index is 4.26. The molecule has 1 atom stereocenters. The minimum Gasteiger partial charge on any atom is -0.462 e. The first-order valence-electron chi connectivity index (χ1n) is 24.7. The van der Waals surface area contributed by atoms with Crippen molar-refractivity contribution in [1.82, 2.24) is 0 Å². The van der Waals surface area contributed by atoms with Crippen molar-refractivity contribution in [2.45, 2.75) is 278 Å². The van der Waals surface area contributed by atoms with Crippen molar-refractivity contribution >= 4 is 17.9 Å². The number of rotatable bonds is 44. The Bertz CT molecular complexity index is 854. The summed E-state index contributed by atoms with van der Waals surface area (Å²) in [5.74, 6) is 0.718. The van der Waals surface area contributed by atoms with Crippen molar-refractivity contribution in [3.05, 3.63) is 0 Å². The van der Waals surface area contributed by atoms with Gasteiger partial charge in [-0.05, 0) is 31.1 Å². The summed E-state index contributed by atoms with van der Waals surface area (Å²) in [6, 6.07) is 0. The first kappa shape index (κ1) is 54.4. The SMILES string of the molecule is CCCCCCCCCCCCCCCCCCCC(=O)OC[C@@H](COC(=O)CCCCCCCCCC(C)C)OC(=O)CCCCCCCCCCC(C)C. The molecular weight excluding hydrogens is 697 g/mol. The molecule has 332 valence electrons. The standard InChI is InChI=1S/C50H96O6/c1-6-7-8-9-10-11-12-13-14-15-16-17-18-19-25-30-35-40-48(51)54-43-47(44-55-49(52)41-36-31-27-22-24-29-34-39-46(4)5)56-50(53)42-37-32-26-21-20-23-28-33-38-45(2)3/h45-47H,6-44H2,1-5H3/t47-/m0/s1.